The van der Waals surface area contributed by atoms with Gasteiger partial charge in [-0.1, -0.05) is 25.6 Å². The lowest BCUT2D eigenvalue weighted by atomic mass is 10.2. The molecule has 0 unspecified atom stereocenters. The minimum atomic E-state index is -0.452. The number of fused-ring (bicyclic) bond motifs is 1. The number of esters is 1. The first-order valence-electron chi connectivity index (χ1n) is 8.54. The first-order chi connectivity index (χ1) is 12.2. The van der Waals surface area contributed by atoms with Crippen molar-refractivity contribution in [3.63, 3.8) is 0 Å². The maximum absolute atomic E-state index is 12.8. The number of ether oxygens (including phenoxy) is 1. The molecule has 8 nitrogen and oxygen atoms in total. The molecule has 3 rings (SSSR count). The lowest BCUT2D eigenvalue weighted by Gasteiger charge is -2.15. The molecule has 2 aromatic heterocycles. The summed E-state index contributed by atoms with van der Waals surface area (Å²) >= 11 is 1.21. The highest BCUT2D eigenvalue weighted by molar-refractivity contribution is 8.00. The number of aryl methyl sites for hydroxylation is 1. The van der Waals surface area contributed by atoms with E-state index in [0.717, 1.165) is 4.57 Å². The van der Waals surface area contributed by atoms with Crippen molar-refractivity contribution in [2.24, 2.45) is 13.0 Å². The van der Waals surface area contributed by atoms with Crippen LogP contribution in [0.1, 0.15) is 33.0 Å². The molecule has 0 bridgehead atoms. The Hall–Kier alpha value is -2.16. The lowest BCUT2D eigenvalue weighted by molar-refractivity contribution is -0.140. The van der Waals surface area contributed by atoms with E-state index in [0.29, 0.717) is 29.5 Å². The molecule has 0 aromatic carbocycles. The van der Waals surface area contributed by atoms with Gasteiger partial charge in [0.05, 0.1) is 0 Å². The average Bonchev–Trinajstić information content (AvgIpc) is 2.86. The van der Waals surface area contributed by atoms with E-state index in [-0.39, 0.29) is 23.4 Å². The zero-order chi connectivity index (χ0) is 19.2. The van der Waals surface area contributed by atoms with Crippen LogP contribution in [0.2, 0.25) is 0 Å². The van der Waals surface area contributed by atoms with E-state index in [2.05, 4.69) is 9.97 Å². The SMILES string of the molecule is Cc1nc(S[C@H]2C[C@H](C)OC2=O)c2c(=O)n(C)c(=O)n(CC(C)C)c2n1. The first-order valence-corrected chi connectivity index (χ1v) is 9.42. The molecule has 3 heterocycles. The number of rotatable bonds is 4. The number of carbonyl (C=O) groups is 1. The summed E-state index contributed by atoms with van der Waals surface area (Å²) in [5, 5.41) is 0.273. The molecule has 1 fully saturated rings. The van der Waals surface area contributed by atoms with Crippen molar-refractivity contribution in [1.82, 2.24) is 19.1 Å². The Kier molecular flexibility index (Phi) is 4.92. The predicted octanol–water partition coefficient (Wildman–Crippen LogP) is 1.25. The van der Waals surface area contributed by atoms with E-state index in [9.17, 15) is 14.4 Å². The van der Waals surface area contributed by atoms with Gasteiger partial charge in [0.2, 0.25) is 0 Å². The minimum Gasteiger partial charge on any atom is -0.462 e. The molecule has 0 saturated carbocycles. The standard InChI is InChI=1S/C17H22N4O4S/c1-8(2)7-21-13-12(15(22)20(5)17(21)24)14(19-10(4)18-13)26-11-6-9(3)25-16(11)23/h8-9,11H,6-7H2,1-5H3/t9-,11-/m0/s1. The van der Waals surface area contributed by atoms with Crippen molar-refractivity contribution in [2.75, 3.05) is 0 Å². The Morgan fingerprint density at radius 1 is 1.27 bits per heavy atom. The minimum absolute atomic E-state index is 0.156. The molecule has 2 atom stereocenters. The Balaban J connectivity index is 2.24. The van der Waals surface area contributed by atoms with Gasteiger partial charge in [0, 0.05) is 20.0 Å². The average molecular weight is 378 g/mol. The molecule has 0 spiro atoms. The zero-order valence-corrected chi connectivity index (χ0v) is 16.3. The third-order valence-corrected chi connectivity index (χ3v) is 5.38. The van der Waals surface area contributed by atoms with Crippen molar-refractivity contribution < 1.29 is 9.53 Å². The highest BCUT2D eigenvalue weighted by atomic mass is 32.2. The number of hydrogen-bond acceptors (Lipinski definition) is 7. The van der Waals surface area contributed by atoms with Crippen LogP contribution >= 0.6 is 11.8 Å². The number of hydrogen-bond donors (Lipinski definition) is 0. The molecule has 1 aliphatic rings. The fraction of sp³-hybridized carbons (Fsp3) is 0.588. The van der Waals surface area contributed by atoms with Crippen LogP contribution in [-0.2, 0) is 23.1 Å². The van der Waals surface area contributed by atoms with Crippen LogP contribution in [0, 0.1) is 12.8 Å². The second-order valence-electron chi connectivity index (χ2n) is 7.02. The molecule has 9 heteroatoms. The molecule has 0 radical (unpaired) electrons. The van der Waals surface area contributed by atoms with Crippen LogP contribution < -0.4 is 11.2 Å². The number of aromatic nitrogens is 4. The van der Waals surface area contributed by atoms with E-state index in [1.807, 2.05) is 20.8 Å². The number of thioether (sulfide) groups is 1. The van der Waals surface area contributed by atoms with E-state index >= 15 is 0 Å². The Morgan fingerprint density at radius 3 is 2.54 bits per heavy atom. The summed E-state index contributed by atoms with van der Waals surface area (Å²) < 4.78 is 7.78. The molecular formula is C17H22N4O4S. The van der Waals surface area contributed by atoms with Gasteiger partial charge in [-0.25, -0.2) is 14.8 Å². The Labute approximate surface area is 154 Å². The van der Waals surface area contributed by atoms with Crippen LogP contribution in [0.25, 0.3) is 11.0 Å². The first kappa shape index (κ1) is 18.6. The number of carbonyl (C=O) groups excluding carboxylic acids is 1. The fourth-order valence-electron chi connectivity index (χ4n) is 3.01. The van der Waals surface area contributed by atoms with E-state index in [4.69, 9.17) is 4.74 Å². The van der Waals surface area contributed by atoms with Crippen LogP contribution in [0.15, 0.2) is 14.6 Å². The van der Waals surface area contributed by atoms with Gasteiger partial charge in [-0.3, -0.25) is 18.7 Å². The summed E-state index contributed by atoms with van der Waals surface area (Å²) in [5.41, 5.74) is -0.535. The van der Waals surface area contributed by atoms with Crippen molar-refractivity contribution in [3.05, 3.63) is 26.7 Å². The highest BCUT2D eigenvalue weighted by Crippen LogP contribution is 2.33. The summed E-state index contributed by atoms with van der Waals surface area (Å²) in [5.74, 6) is 0.342. The lowest BCUT2D eigenvalue weighted by Crippen LogP contribution is -2.39. The maximum atomic E-state index is 12.8. The van der Waals surface area contributed by atoms with Gasteiger partial charge < -0.3 is 4.74 Å². The molecule has 2 aromatic rings. The third-order valence-electron chi connectivity index (χ3n) is 4.19. The summed E-state index contributed by atoms with van der Waals surface area (Å²) in [4.78, 5) is 46.1. The molecule has 0 aliphatic carbocycles. The molecule has 1 aliphatic heterocycles. The van der Waals surface area contributed by atoms with Gasteiger partial charge in [0.25, 0.3) is 5.56 Å². The van der Waals surface area contributed by atoms with Crippen LogP contribution in [0.3, 0.4) is 0 Å². The summed E-state index contributed by atoms with van der Waals surface area (Å²) in [6.07, 6.45) is 0.399. The molecule has 0 N–H and O–H groups in total. The highest BCUT2D eigenvalue weighted by Gasteiger charge is 2.34. The third kappa shape index (κ3) is 3.27. The normalized spacial score (nSPS) is 20.2. The predicted molar refractivity (Wildman–Crippen MR) is 98.4 cm³/mol. The maximum Gasteiger partial charge on any atom is 0.332 e. The Bertz CT molecular complexity index is 995. The molecule has 1 saturated heterocycles. The Morgan fingerprint density at radius 2 is 1.96 bits per heavy atom. The van der Waals surface area contributed by atoms with Gasteiger partial charge in [0.1, 0.15) is 27.6 Å². The largest absolute Gasteiger partial charge is 0.462 e. The van der Waals surface area contributed by atoms with Crippen molar-refractivity contribution in [3.8, 4) is 0 Å². The van der Waals surface area contributed by atoms with Gasteiger partial charge in [-0.05, 0) is 19.8 Å². The van der Waals surface area contributed by atoms with E-state index in [1.165, 1.54) is 23.4 Å². The summed E-state index contributed by atoms with van der Waals surface area (Å²) in [7, 11) is 1.45. The zero-order valence-electron chi connectivity index (χ0n) is 15.5. The van der Waals surface area contributed by atoms with Gasteiger partial charge in [-0.2, -0.15) is 0 Å². The summed E-state index contributed by atoms with van der Waals surface area (Å²) in [6, 6.07) is 0. The molecule has 0 amide bonds. The van der Waals surface area contributed by atoms with Gasteiger partial charge in [-0.15, -0.1) is 0 Å². The quantitative estimate of drug-likeness (QED) is 0.583. The van der Waals surface area contributed by atoms with Gasteiger partial charge >= 0.3 is 11.7 Å². The molecule has 26 heavy (non-hydrogen) atoms. The second kappa shape index (κ2) is 6.86. The summed E-state index contributed by atoms with van der Waals surface area (Å²) in [6.45, 7) is 7.96. The fourth-order valence-corrected chi connectivity index (χ4v) is 4.28. The van der Waals surface area contributed by atoms with E-state index in [1.54, 1.807) is 6.92 Å². The number of cyclic esters (lactones) is 1. The van der Waals surface area contributed by atoms with Crippen molar-refractivity contribution in [2.45, 2.75) is 57.0 Å². The second-order valence-corrected chi connectivity index (χ2v) is 8.21. The van der Waals surface area contributed by atoms with Crippen molar-refractivity contribution in [1.29, 1.82) is 0 Å². The van der Waals surface area contributed by atoms with Crippen LogP contribution in [-0.4, -0.2) is 36.4 Å². The molecule has 140 valence electrons. The topological polar surface area (TPSA) is 96.1 Å². The number of nitrogens with zero attached hydrogens (tertiary/aromatic N) is 4. The van der Waals surface area contributed by atoms with Gasteiger partial charge in [0.15, 0.2) is 5.65 Å². The van der Waals surface area contributed by atoms with Crippen LogP contribution in [0.5, 0.6) is 0 Å². The van der Waals surface area contributed by atoms with E-state index < -0.39 is 16.5 Å². The van der Waals surface area contributed by atoms with Crippen LogP contribution in [0.4, 0.5) is 0 Å². The molecular weight excluding hydrogens is 356 g/mol. The monoisotopic (exact) mass is 378 g/mol. The van der Waals surface area contributed by atoms with Crippen molar-refractivity contribution >= 4 is 28.8 Å². The smallest absolute Gasteiger partial charge is 0.332 e.